The molecule has 1 aromatic carbocycles. The summed E-state index contributed by atoms with van der Waals surface area (Å²) < 4.78 is 5.18. The van der Waals surface area contributed by atoms with E-state index in [1.165, 1.54) is 11.3 Å². The maximum atomic E-state index is 5.18. The van der Waals surface area contributed by atoms with Crippen LogP contribution in [-0.4, -0.2) is 26.2 Å². The van der Waals surface area contributed by atoms with Crippen molar-refractivity contribution in [3.63, 3.8) is 0 Å². The molecule has 3 rings (SSSR count). The Hall–Kier alpha value is -1.45. The molecule has 1 fully saturated rings. The van der Waals surface area contributed by atoms with Gasteiger partial charge in [0, 0.05) is 43.0 Å². The fraction of sp³-hybridized carbons (Fsp3) is 0.286. The number of benzene rings is 1. The van der Waals surface area contributed by atoms with E-state index >= 15 is 0 Å². The molecular formula is C14H17ClN2O. The van der Waals surface area contributed by atoms with Gasteiger partial charge >= 0.3 is 0 Å². The van der Waals surface area contributed by atoms with Gasteiger partial charge in [0.15, 0.2) is 0 Å². The molecule has 2 aromatic rings. The molecule has 0 spiro atoms. The van der Waals surface area contributed by atoms with E-state index < -0.39 is 0 Å². The Labute approximate surface area is 113 Å². The van der Waals surface area contributed by atoms with Gasteiger partial charge in [-0.1, -0.05) is 18.2 Å². The molecule has 3 nitrogen and oxygen atoms in total. The Kier molecular flexibility index (Phi) is 4.28. The highest BCUT2D eigenvalue weighted by Gasteiger charge is 2.14. The second kappa shape index (κ2) is 5.94. The fourth-order valence-corrected chi connectivity index (χ4v) is 2.32. The summed E-state index contributed by atoms with van der Waals surface area (Å²) in [7, 11) is 0. The Morgan fingerprint density at radius 2 is 1.83 bits per heavy atom. The van der Waals surface area contributed by atoms with Crippen LogP contribution in [-0.2, 0) is 0 Å². The lowest BCUT2D eigenvalue weighted by molar-refractivity contribution is 0.568. The molecule has 0 atom stereocenters. The molecule has 96 valence electrons. The number of hydrogen-bond acceptors (Lipinski definition) is 3. The first-order chi connectivity index (χ1) is 8.45. The fourth-order valence-electron chi connectivity index (χ4n) is 2.32. The number of rotatable bonds is 2. The average molecular weight is 265 g/mol. The van der Waals surface area contributed by atoms with E-state index in [2.05, 4.69) is 34.5 Å². The number of halogens is 1. The van der Waals surface area contributed by atoms with E-state index in [-0.39, 0.29) is 12.4 Å². The highest BCUT2D eigenvalue weighted by atomic mass is 35.5. The third-order valence-electron chi connectivity index (χ3n) is 3.19. The first-order valence-electron chi connectivity index (χ1n) is 6.02. The number of nitrogens with one attached hydrogen (secondary N) is 1. The van der Waals surface area contributed by atoms with E-state index in [1.54, 1.807) is 12.5 Å². The average Bonchev–Trinajstić information content (AvgIpc) is 2.94. The van der Waals surface area contributed by atoms with Gasteiger partial charge in [0.2, 0.25) is 0 Å². The second-order valence-electron chi connectivity index (χ2n) is 4.27. The number of anilines is 1. The Morgan fingerprint density at radius 1 is 1.06 bits per heavy atom. The van der Waals surface area contributed by atoms with Gasteiger partial charge in [-0.05, 0) is 12.1 Å². The van der Waals surface area contributed by atoms with Crippen LogP contribution in [0.5, 0.6) is 0 Å². The molecule has 1 saturated heterocycles. The minimum absolute atomic E-state index is 0. The Morgan fingerprint density at radius 3 is 2.56 bits per heavy atom. The van der Waals surface area contributed by atoms with Crippen LogP contribution < -0.4 is 10.2 Å². The summed E-state index contributed by atoms with van der Waals surface area (Å²) >= 11 is 0. The molecule has 0 aliphatic carbocycles. The van der Waals surface area contributed by atoms with Crippen molar-refractivity contribution in [3.05, 3.63) is 42.9 Å². The van der Waals surface area contributed by atoms with Crippen LogP contribution in [0, 0.1) is 0 Å². The SMILES string of the molecule is Cl.c1ccc(N2CCNCC2)c(-c2ccoc2)c1. The number of para-hydroxylation sites is 1. The summed E-state index contributed by atoms with van der Waals surface area (Å²) in [4.78, 5) is 2.43. The van der Waals surface area contributed by atoms with Gasteiger partial charge in [-0.2, -0.15) is 0 Å². The van der Waals surface area contributed by atoms with Crippen molar-refractivity contribution < 1.29 is 4.42 Å². The van der Waals surface area contributed by atoms with Crippen molar-refractivity contribution in [2.75, 3.05) is 31.1 Å². The first kappa shape index (κ1) is 13.0. The molecule has 1 aromatic heterocycles. The molecular weight excluding hydrogens is 248 g/mol. The smallest absolute Gasteiger partial charge is 0.0981 e. The largest absolute Gasteiger partial charge is 0.472 e. The molecule has 0 saturated carbocycles. The van der Waals surface area contributed by atoms with Crippen LogP contribution in [0.1, 0.15) is 0 Å². The lowest BCUT2D eigenvalue weighted by atomic mass is 10.1. The zero-order valence-electron chi connectivity index (χ0n) is 10.1. The minimum Gasteiger partial charge on any atom is -0.472 e. The molecule has 1 aliphatic heterocycles. The molecule has 0 bridgehead atoms. The summed E-state index contributed by atoms with van der Waals surface area (Å²) in [5, 5.41) is 3.38. The van der Waals surface area contributed by atoms with Crippen LogP contribution in [0.25, 0.3) is 11.1 Å². The summed E-state index contributed by atoms with van der Waals surface area (Å²) in [6.45, 7) is 4.24. The molecule has 0 unspecified atom stereocenters. The topological polar surface area (TPSA) is 28.4 Å². The zero-order chi connectivity index (χ0) is 11.5. The van der Waals surface area contributed by atoms with Gasteiger partial charge in [0.25, 0.3) is 0 Å². The van der Waals surface area contributed by atoms with Crippen molar-refractivity contribution in [2.24, 2.45) is 0 Å². The minimum atomic E-state index is 0. The van der Waals surface area contributed by atoms with Crippen molar-refractivity contribution in [1.29, 1.82) is 0 Å². The van der Waals surface area contributed by atoms with Gasteiger partial charge in [-0.15, -0.1) is 12.4 Å². The zero-order valence-corrected chi connectivity index (χ0v) is 11.0. The van der Waals surface area contributed by atoms with Gasteiger partial charge < -0.3 is 14.6 Å². The predicted octanol–water partition coefficient (Wildman–Crippen LogP) is 2.78. The number of furan rings is 1. The summed E-state index contributed by atoms with van der Waals surface area (Å²) in [6, 6.07) is 10.5. The Bertz CT molecular complexity index is 478. The molecule has 18 heavy (non-hydrogen) atoms. The predicted molar refractivity (Wildman–Crippen MR) is 76.5 cm³/mol. The number of nitrogens with zero attached hydrogens (tertiary/aromatic N) is 1. The quantitative estimate of drug-likeness (QED) is 0.904. The standard InChI is InChI=1S/C14H16N2O.ClH/c1-2-4-14(16-8-6-15-7-9-16)13(3-1)12-5-10-17-11-12;/h1-5,10-11,15H,6-9H2;1H. The van der Waals surface area contributed by atoms with Crippen LogP contribution in [0.3, 0.4) is 0 Å². The first-order valence-corrected chi connectivity index (χ1v) is 6.02. The van der Waals surface area contributed by atoms with Crippen LogP contribution in [0.15, 0.2) is 47.3 Å². The van der Waals surface area contributed by atoms with Crippen LogP contribution in [0.2, 0.25) is 0 Å². The highest BCUT2D eigenvalue weighted by Crippen LogP contribution is 2.31. The third-order valence-corrected chi connectivity index (χ3v) is 3.19. The molecule has 2 heterocycles. The van der Waals surface area contributed by atoms with Crippen LogP contribution >= 0.6 is 12.4 Å². The maximum Gasteiger partial charge on any atom is 0.0981 e. The van der Waals surface area contributed by atoms with Gasteiger partial charge in [0.1, 0.15) is 0 Å². The van der Waals surface area contributed by atoms with Gasteiger partial charge in [-0.3, -0.25) is 0 Å². The van der Waals surface area contributed by atoms with Crippen molar-refractivity contribution in [2.45, 2.75) is 0 Å². The second-order valence-corrected chi connectivity index (χ2v) is 4.27. The summed E-state index contributed by atoms with van der Waals surface area (Å²) in [5.41, 5.74) is 3.71. The maximum absolute atomic E-state index is 5.18. The summed E-state index contributed by atoms with van der Waals surface area (Å²) in [5.74, 6) is 0. The number of piperazine rings is 1. The normalized spacial score (nSPS) is 15.2. The highest BCUT2D eigenvalue weighted by molar-refractivity contribution is 5.85. The van der Waals surface area contributed by atoms with Gasteiger partial charge in [0.05, 0.1) is 12.5 Å². The summed E-state index contributed by atoms with van der Waals surface area (Å²) in [6.07, 6.45) is 3.53. The van der Waals surface area contributed by atoms with Crippen LogP contribution in [0.4, 0.5) is 5.69 Å². The molecule has 0 radical (unpaired) electrons. The third kappa shape index (κ3) is 2.52. The van der Waals surface area contributed by atoms with E-state index in [4.69, 9.17) is 4.42 Å². The van der Waals surface area contributed by atoms with Crippen molar-refractivity contribution in [1.82, 2.24) is 5.32 Å². The van der Waals surface area contributed by atoms with Crippen molar-refractivity contribution in [3.8, 4) is 11.1 Å². The molecule has 1 aliphatic rings. The van der Waals surface area contributed by atoms with E-state index in [0.717, 1.165) is 31.7 Å². The van der Waals surface area contributed by atoms with E-state index in [0.29, 0.717) is 0 Å². The lowest BCUT2D eigenvalue weighted by Gasteiger charge is -2.31. The van der Waals surface area contributed by atoms with E-state index in [1.807, 2.05) is 6.07 Å². The molecule has 0 amide bonds. The monoisotopic (exact) mass is 264 g/mol. The van der Waals surface area contributed by atoms with Crippen molar-refractivity contribution >= 4 is 18.1 Å². The number of hydrogen-bond donors (Lipinski definition) is 1. The molecule has 1 N–H and O–H groups in total. The van der Waals surface area contributed by atoms with Gasteiger partial charge in [-0.25, -0.2) is 0 Å². The molecule has 4 heteroatoms. The lowest BCUT2D eigenvalue weighted by Crippen LogP contribution is -2.43. The van der Waals surface area contributed by atoms with E-state index in [9.17, 15) is 0 Å². The Balaban J connectivity index is 0.00000120.